The molecule has 1 N–H and O–H groups in total. The van der Waals surface area contributed by atoms with Crippen molar-refractivity contribution in [2.24, 2.45) is 0 Å². The zero-order valence-electron chi connectivity index (χ0n) is 10.9. The molecule has 0 bridgehead atoms. The number of nitrogens with zero attached hydrogens (tertiary/aromatic N) is 1. The van der Waals surface area contributed by atoms with Crippen LogP contribution in [0, 0.1) is 0 Å². The van der Waals surface area contributed by atoms with Gasteiger partial charge in [-0.3, -0.25) is 4.79 Å². The Labute approximate surface area is 143 Å². The van der Waals surface area contributed by atoms with E-state index in [1.54, 1.807) is 0 Å². The van der Waals surface area contributed by atoms with E-state index in [4.69, 9.17) is 39.5 Å². The molecule has 0 spiro atoms. The first-order valence-electron chi connectivity index (χ1n) is 5.82. The van der Waals surface area contributed by atoms with E-state index in [1.807, 2.05) is 0 Å². The van der Waals surface area contributed by atoms with Crippen LogP contribution in [0.25, 0.3) is 0 Å². The number of hydrogen-bond acceptors (Lipinski definition) is 3. The molecule has 0 fully saturated rings. The zero-order chi connectivity index (χ0) is 17.2. The average molecular weight is 386 g/mol. The molecule has 122 valence electrons. The van der Waals surface area contributed by atoms with E-state index in [0.717, 1.165) is 0 Å². The Balaban J connectivity index is 2.34. The van der Waals surface area contributed by atoms with Crippen LogP contribution in [0.1, 0.15) is 5.56 Å². The number of nitrogens with one attached hydrogen (secondary N) is 1. The standard InChI is InChI=1S/C13H6Cl3F3N2O2/c14-8-2-7(21-5-22)3-9(15)11(8)23-12-10(16)1-6(4-20-12)13(17,18)19/h1-5H,(H,21,22). The van der Waals surface area contributed by atoms with Gasteiger partial charge in [0.05, 0.1) is 15.6 Å². The lowest BCUT2D eigenvalue weighted by molar-refractivity contribution is -0.137. The van der Waals surface area contributed by atoms with Crippen molar-refractivity contribution in [3.05, 3.63) is 45.0 Å². The van der Waals surface area contributed by atoms with Crippen LogP contribution in [0.3, 0.4) is 0 Å². The van der Waals surface area contributed by atoms with Crippen LogP contribution in [0.4, 0.5) is 18.9 Å². The van der Waals surface area contributed by atoms with Gasteiger partial charge in [0, 0.05) is 11.9 Å². The molecule has 4 nitrogen and oxygen atoms in total. The molecule has 0 aliphatic heterocycles. The summed E-state index contributed by atoms with van der Waals surface area (Å²) in [5.74, 6) is -0.349. The normalized spacial score (nSPS) is 11.2. The first-order valence-corrected chi connectivity index (χ1v) is 6.95. The van der Waals surface area contributed by atoms with Gasteiger partial charge in [-0.15, -0.1) is 0 Å². The lowest BCUT2D eigenvalue weighted by Gasteiger charge is -2.13. The number of carbonyl (C=O) groups is 1. The summed E-state index contributed by atoms with van der Waals surface area (Å²) in [6.45, 7) is 0. The van der Waals surface area contributed by atoms with E-state index in [0.29, 0.717) is 24.4 Å². The molecule has 0 saturated carbocycles. The highest BCUT2D eigenvalue weighted by molar-refractivity contribution is 6.37. The summed E-state index contributed by atoms with van der Waals surface area (Å²) in [4.78, 5) is 13.9. The van der Waals surface area contributed by atoms with Crippen molar-refractivity contribution in [3.63, 3.8) is 0 Å². The molecular weight excluding hydrogens is 380 g/mol. The van der Waals surface area contributed by atoms with E-state index in [2.05, 4.69) is 10.3 Å². The number of benzene rings is 1. The van der Waals surface area contributed by atoms with Crippen molar-refractivity contribution in [2.75, 3.05) is 5.32 Å². The van der Waals surface area contributed by atoms with Crippen molar-refractivity contribution in [1.29, 1.82) is 0 Å². The number of alkyl halides is 3. The van der Waals surface area contributed by atoms with Crippen LogP contribution in [-0.2, 0) is 11.0 Å². The second-order valence-corrected chi connectivity index (χ2v) is 5.36. The van der Waals surface area contributed by atoms with Gasteiger partial charge < -0.3 is 10.1 Å². The molecule has 1 aromatic heterocycles. The maximum absolute atomic E-state index is 12.6. The van der Waals surface area contributed by atoms with Gasteiger partial charge in [0.25, 0.3) is 0 Å². The minimum atomic E-state index is -4.58. The van der Waals surface area contributed by atoms with Crippen LogP contribution in [0.15, 0.2) is 24.4 Å². The van der Waals surface area contributed by atoms with E-state index in [-0.39, 0.29) is 26.7 Å². The Morgan fingerprint density at radius 2 is 1.70 bits per heavy atom. The van der Waals surface area contributed by atoms with E-state index < -0.39 is 11.7 Å². The Hall–Kier alpha value is -1.70. The van der Waals surface area contributed by atoms with Crippen LogP contribution >= 0.6 is 34.8 Å². The molecule has 1 heterocycles. The summed E-state index contributed by atoms with van der Waals surface area (Å²) in [6, 6.07) is 3.36. The molecule has 1 amide bonds. The molecule has 0 saturated heterocycles. The fourth-order valence-electron chi connectivity index (χ4n) is 1.56. The number of hydrogen-bond donors (Lipinski definition) is 1. The predicted molar refractivity (Wildman–Crippen MR) is 80.5 cm³/mol. The third-order valence-electron chi connectivity index (χ3n) is 2.56. The molecule has 0 aliphatic carbocycles. The Morgan fingerprint density at radius 1 is 1.09 bits per heavy atom. The lowest BCUT2D eigenvalue weighted by atomic mass is 10.3. The van der Waals surface area contributed by atoms with Crippen LogP contribution in [0.2, 0.25) is 15.1 Å². The molecular formula is C13H6Cl3F3N2O2. The van der Waals surface area contributed by atoms with E-state index in [1.165, 1.54) is 12.1 Å². The van der Waals surface area contributed by atoms with Gasteiger partial charge in [-0.05, 0) is 18.2 Å². The number of ether oxygens (including phenoxy) is 1. The van der Waals surface area contributed by atoms with Gasteiger partial charge >= 0.3 is 6.18 Å². The maximum Gasteiger partial charge on any atom is 0.417 e. The van der Waals surface area contributed by atoms with Gasteiger partial charge in [0.15, 0.2) is 5.75 Å². The third kappa shape index (κ3) is 4.19. The highest BCUT2D eigenvalue weighted by atomic mass is 35.5. The zero-order valence-corrected chi connectivity index (χ0v) is 13.2. The molecule has 10 heteroatoms. The average Bonchev–Trinajstić information content (AvgIpc) is 2.43. The number of amides is 1. The molecule has 0 atom stereocenters. The van der Waals surface area contributed by atoms with Gasteiger partial charge in [0.2, 0.25) is 12.3 Å². The Kier molecular flexibility index (Phi) is 5.23. The van der Waals surface area contributed by atoms with E-state index >= 15 is 0 Å². The first-order chi connectivity index (χ1) is 10.7. The second-order valence-electron chi connectivity index (χ2n) is 4.14. The van der Waals surface area contributed by atoms with Crippen LogP contribution in [-0.4, -0.2) is 11.4 Å². The number of halogens is 6. The van der Waals surface area contributed by atoms with Crippen molar-refractivity contribution >= 4 is 46.9 Å². The molecule has 0 radical (unpaired) electrons. The van der Waals surface area contributed by atoms with Crippen molar-refractivity contribution < 1.29 is 22.7 Å². The highest BCUT2D eigenvalue weighted by Gasteiger charge is 2.32. The SMILES string of the molecule is O=CNc1cc(Cl)c(Oc2ncc(C(F)(F)F)cc2Cl)c(Cl)c1. The van der Waals surface area contributed by atoms with Gasteiger partial charge in [-0.1, -0.05) is 34.8 Å². The highest BCUT2D eigenvalue weighted by Crippen LogP contribution is 2.41. The van der Waals surface area contributed by atoms with Gasteiger partial charge in [-0.2, -0.15) is 13.2 Å². The lowest BCUT2D eigenvalue weighted by Crippen LogP contribution is -2.06. The summed E-state index contributed by atoms with van der Waals surface area (Å²) < 4.78 is 42.9. The fraction of sp³-hybridized carbons (Fsp3) is 0.0769. The third-order valence-corrected chi connectivity index (χ3v) is 3.39. The number of rotatable bonds is 4. The van der Waals surface area contributed by atoms with Gasteiger partial charge in [-0.25, -0.2) is 4.98 Å². The largest absolute Gasteiger partial charge is 0.434 e. The summed E-state index contributed by atoms with van der Waals surface area (Å²) in [7, 11) is 0. The quantitative estimate of drug-likeness (QED) is 0.715. The van der Waals surface area contributed by atoms with Crippen molar-refractivity contribution in [3.8, 4) is 11.6 Å². The summed E-state index contributed by atoms with van der Waals surface area (Å²) in [5, 5.41) is 2.01. The predicted octanol–water partition coefficient (Wildman–Crippen LogP) is 5.42. The molecule has 0 unspecified atom stereocenters. The van der Waals surface area contributed by atoms with Crippen molar-refractivity contribution in [1.82, 2.24) is 4.98 Å². The molecule has 2 aromatic rings. The first kappa shape index (κ1) is 17.7. The minimum absolute atomic E-state index is 0.0135. The maximum atomic E-state index is 12.6. The van der Waals surface area contributed by atoms with E-state index in [9.17, 15) is 18.0 Å². The smallest absolute Gasteiger partial charge is 0.417 e. The number of pyridine rings is 1. The monoisotopic (exact) mass is 384 g/mol. The number of aromatic nitrogens is 1. The topological polar surface area (TPSA) is 51.2 Å². The van der Waals surface area contributed by atoms with Crippen LogP contribution < -0.4 is 10.1 Å². The fourth-order valence-corrected chi connectivity index (χ4v) is 2.33. The Bertz CT molecular complexity index is 731. The van der Waals surface area contributed by atoms with Crippen molar-refractivity contribution in [2.45, 2.75) is 6.18 Å². The summed E-state index contributed by atoms with van der Waals surface area (Å²) in [5.41, 5.74) is -0.702. The summed E-state index contributed by atoms with van der Waals surface area (Å²) >= 11 is 17.7. The minimum Gasteiger partial charge on any atom is -0.434 e. The van der Waals surface area contributed by atoms with Crippen LogP contribution in [0.5, 0.6) is 11.6 Å². The summed E-state index contributed by atoms with van der Waals surface area (Å²) in [6.07, 6.45) is -3.57. The number of anilines is 1. The van der Waals surface area contributed by atoms with Gasteiger partial charge in [0.1, 0.15) is 5.02 Å². The molecule has 23 heavy (non-hydrogen) atoms. The Morgan fingerprint density at radius 3 is 2.17 bits per heavy atom. The number of carbonyl (C=O) groups excluding carboxylic acids is 1. The molecule has 1 aromatic carbocycles. The molecule has 0 aliphatic rings. The second kappa shape index (κ2) is 6.82. The molecule has 2 rings (SSSR count).